The highest BCUT2D eigenvalue weighted by atomic mass is 16.5. The molecule has 1 amide bonds. The maximum atomic E-state index is 12.2. The summed E-state index contributed by atoms with van der Waals surface area (Å²) in [6.45, 7) is 2.33. The van der Waals surface area contributed by atoms with E-state index in [0.717, 1.165) is 16.7 Å². The highest BCUT2D eigenvalue weighted by Crippen LogP contribution is 2.41. The lowest BCUT2D eigenvalue weighted by molar-refractivity contribution is 0.100. The summed E-state index contributed by atoms with van der Waals surface area (Å²) in [5.41, 5.74) is 16.4. The fourth-order valence-electron chi connectivity index (χ4n) is 3.70. The molecule has 4 rings (SSSR count). The predicted molar refractivity (Wildman–Crippen MR) is 127 cm³/mol. The fraction of sp³-hybridized carbons (Fsp3) is 0.160. The molecule has 1 aromatic heterocycles. The standard InChI is InChI=1S/C25H24N4O4/c1-14-16(10-7-11-19(14)33-13-15-8-5-4-6-9-15)20-21(26)17(23(27)30)12-18-22(20)29-25(32-3)24(28-18)31-2/h4-12H,13,26H2,1-3H3,(H2,27,30). The zero-order chi connectivity index (χ0) is 23.5. The van der Waals surface area contributed by atoms with Crippen molar-refractivity contribution in [1.82, 2.24) is 9.97 Å². The lowest BCUT2D eigenvalue weighted by Crippen LogP contribution is -2.15. The summed E-state index contributed by atoms with van der Waals surface area (Å²) >= 11 is 0. The van der Waals surface area contributed by atoms with Crippen LogP contribution in [0.2, 0.25) is 0 Å². The number of carbonyl (C=O) groups is 1. The number of carbonyl (C=O) groups excluding carboxylic acids is 1. The second kappa shape index (κ2) is 9.04. The van der Waals surface area contributed by atoms with Gasteiger partial charge in [-0.25, -0.2) is 9.97 Å². The van der Waals surface area contributed by atoms with E-state index in [1.807, 2.05) is 55.5 Å². The molecule has 8 nitrogen and oxygen atoms in total. The first-order chi connectivity index (χ1) is 15.9. The van der Waals surface area contributed by atoms with Crippen molar-refractivity contribution in [3.63, 3.8) is 0 Å². The van der Waals surface area contributed by atoms with Gasteiger partial charge in [0.2, 0.25) is 0 Å². The zero-order valence-corrected chi connectivity index (χ0v) is 18.6. The van der Waals surface area contributed by atoms with Crippen LogP contribution in [0.15, 0.2) is 54.6 Å². The Hall–Kier alpha value is -4.33. The zero-order valence-electron chi connectivity index (χ0n) is 18.6. The highest BCUT2D eigenvalue weighted by molar-refractivity contribution is 6.10. The number of rotatable bonds is 7. The minimum atomic E-state index is -0.665. The number of nitrogens with two attached hydrogens (primary N) is 2. The smallest absolute Gasteiger partial charge is 0.278 e. The van der Waals surface area contributed by atoms with Gasteiger partial charge >= 0.3 is 0 Å². The summed E-state index contributed by atoms with van der Waals surface area (Å²) in [7, 11) is 2.94. The van der Waals surface area contributed by atoms with Crippen molar-refractivity contribution in [3.8, 4) is 28.6 Å². The maximum Gasteiger partial charge on any atom is 0.278 e. The van der Waals surface area contributed by atoms with Gasteiger partial charge in [0.15, 0.2) is 0 Å². The second-order valence-electron chi connectivity index (χ2n) is 7.39. The SMILES string of the molecule is COc1nc2cc(C(N)=O)c(N)c(-c3cccc(OCc4ccccc4)c3C)c2nc1OC. The van der Waals surface area contributed by atoms with Crippen LogP contribution < -0.4 is 25.7 Å². The molecule has 0 spiro atoms. The van der Waals surface area contributed by atoms with Crippen LogP contribution in [0.3, 0.4) is 0 Å². The number of nitrogen functional groups attached to an aromatic ring is 1. The van der Waals surface area contributed by atoms with Crippen molar-refractivity contribution in [2.45, 2.75) is 13.5 Å². The van der Waals surface area contributed by atoms with Gasteiger partial charge in [-0.3, -0.25) is 4.79 Å². The number of nitrogens with zero attached hydrogens (tertiary/aromatic N) is 2. The number of aromatic nitrogens is 2. The van der Waals surface area contributed by atoms with Gasteiger partial charge in [-0.15, -0.1) is 0 Å². The Balaban J connectivity index is 1.91. The maximum absolute atomic E-state index is 12.2. The Labute approximate surface area is 191 Å². The number of methoxy groups -OCH3 is 2. The fourth-order valence-corrected chi connectivity index (χ4v) is 3.70. The molecule has 0 saturated heterocycles. The number of primary amides is 1. The number of ether oxygens (including phenoxy) is 3. The third kappa shape index (κ3) is 4.10. The van der Waals surface area contributed by atoms with Gasteiger partial charge in [0.25, 0.3) is 17.7 Å². The first-order valence-electron chi connectivity index (χ1n) is 10.2. The van der Waals surface area contributed by atoms with Crippen LogP contribution in [0.1, 0.15) is 21.5 Å². The van der Waals surface area contributed by atoms with Crippen molar-refractivity contribution in [2.24, 2.45) is 5.73 Å². The second-order valence-corrected chi connectivity index (χ2v) is 7.39. The van der Waals surface area contributed by atoms with Gasteiger partial charge in [-0.2, -0.15) is 0 Å². The molecule has 0 unspecified atom stereocenters. The van der Waals surface area contributed by atoms with E-state index in [1.54, 1.807) is 0 Å². The van der Waals surface area contributed by atoms with Crippen LogP contribution >= 0.6 is 0 Å². The summed E-state index contributed by atoms with van der Waals surface area (Å²) in [4.78, 5) is 21.2. The van der Waals surface area contributed by atoms with E-state index in [4.69, 9.17) is 25.7 Å². The monoisotopic (exact) mass is 444 g/mol. The van der Waals surface area contributed by atoms with Crippen LogP contribution in [-0.4, -0.2) is 30.1 Å². The summed E-state index contributed by atoms with van der Waals surface area (Å²) in [6.07, 6.45) is 0. The number of amides is 1. The predicted octanol–water partition coefficient (Wildman–Crippen LogP) is 3.88. The van der Waals surface area contributed by atoms with Crippen LogP contribution in [-0.2, 0) is 6.61 Å². The van der Waals surface area contributed by atoms with Crippen LogP contribution in [0.25, 0.3) is 22.2 Å². The van der Waals surface area contributed by atoms with Crippen molar-refractivity contribution in [3.05, 3.63) is 71.3 Å². The van der Waals surface area contributed by atoms with E-state index in [-0.39, 0.29) is 23.0 Å². The summed E-state index contributed by atoms with van der Waals surface area (Å²) in [6, 6.07) is 17.0. The molecule has 0 fully saturated rings. The summed E-state index contributed by atoms with van der Waals surface area (Å²) in [5, 5.41) is 0. The largest absolute Gasteiger partial charge is 0.489 e. The van der Waals surface area contributed by atoms with Crippen LogP contribution in [0.5, 0.6) is 17.5 Å². The van der Waals surface area contributed by atoms with Gasteiger partial charge in [0.05, 0.1) is 31.0 Å². The molecule has 0 saturated carbocycles. The lowest BCUT2D eigenvalue weighted by Gasteiger charge is -2.18. The number of hydrogen-bond acceptors (Lipinski definition) is 7. The molecular formula is C25H24N4O4. The molecular weight excluding hydrogens is 420 g/mol. The van der Waals surface area contributed by atoms with Crippen molar-refractivity contribution in [2.75, 3.05) is 20.0 Å². The molecule has 1 heterocycles. The molecule has 4 N–H and O–H groups in total. The Morgan fingerprint density at radius 1 is 0.970 bits per heavy atom. The molecule has 0 atom stereocenters. The Morgan fingerprint density at radius 2 is 1.67 bits per heavy atom. The van der Waals surface area contributed by atoms with Gasteiger partial charge in [0, 0.05) is 5.56 Å². The molecule has 0 radical (unpaired) electrons. The molecule has 8 heteroatoms. The molecule has 3 aromatic carbocycles. The molecule has 0 aliphatic heterocycles. The molecule has 4 aromatic rings. The summed E-state index contributed by atoms with van der Waals surface area (Å²) < 4.78 is 16.7. The Bertz CT molecular complexity index is 1340. The van der Waals surface area contributed by atoms with Crippen molar-refractivity contribution in [1.29, 1.82) is 0 Å². The first-order valence-corrected chi connectivity index (χ1v) is 10.2. The quantitative estimate of drug-likeness (QED) is 0.415. The minimum Gasteiger partial charge on any atom is -0.489 e. The summed E-state index contributed by atoms with van der Waals surface area (Å²) in [5.74, 6) is 0.405. The van der Waals surface area contributed by atoms with E-state index in [2.05, 4.69) is 9.97 Å². The average molecular weight is 444 g/mol. The van der Waals surface area contributed by atoms with E-state index in [9.17, 15) is 4.79 Å². The van der Waals surface area contributed by atoms with E-state index >= 15 is 0 Å². The number of fused-ring (bicyclic) bond motifs is 1. The third-order valence-electron chi connectivity index (χ3n) is 5.38. The molecule has 0 bridgehead atoms. The normalized spacial score (nSPS) is 10.8. The first kappa shape index (κ1) is 21.9. The highest BCUT2D eigenvalue weighted by Gasteiger charge is 2.22. The van der Waals surface area contributed by atoms with E-state index in [1.165, 1.54) is 20.3 Å². The van der Waals surface area contributed by atoms with E-state index in [0.29, 0.717) is 29.0 Å². The average Bonchev–Trinajstić information content (AvgIpc) is 2.83. The number of benzene rings is 3. The van der Waals surface area contributed by atoms with Crippen LogP contribution in [0.4, 0.5) is 5.69 Å². The molecule has 33 heavy (non-hydrogen) atoms. The topological polar surface area (TPSA) is 123 Å². The van der Waals surface area contributed by atoms with Gasteiger partial charge in [0.1, 0.15) is 17.9 Å². The number of hydrogen-bond donors (Lipinski definition) is 2. The minimum absolute atomic E-state index is 0.147. The molecule has 168 valence electrons. The Morgan fingerprint density at radius 3 is 2.33 bits per heavy atom. The Kier molecular flexibility index (Phi) is 5.99. The molecule has 0 aliphatic rings. The van der Waals surface area contributed by atoms with Crippen LogP contribution in [0, 0.1) is 6.92 Å². The lowest BCUT2D eigenvalue weighted by atomic mass is 9.94. The van der Waals surface area contributed by atoms with E-state index < -0.39 is 5.91 Å². The molecule has 0 aliphatic carbocycles. The van der Waals surface area contributed by atoms with Crippen molar-refractivity contribution >= 4 is 22.6 Å². The van der Waals surface area contributed by atoms with Crippen molar-refractivity contribution < 1.29 is 19.0 Å². The van der Waals surface area contributed by atoms with Gasteiger partial charge < -0.3 is 25.7 Å². The van der Waals surface area contributed by atoms with Gasteiger partial charge in [-0.1, -0.05) is 42.5 Å². The van der Waals surface area contributed by atoms with Gasteiger partial charge in [-0.05, 0) is 35.7 Å². The number of anilines is 1. The third-order valence-corrected chi connectivity index (χ3v) is 5.38.